The summed E-state index contributed by atoms with van der Waals surface area (Å²) in [4.78, 5) is 23.7. The van der Waals surface area contributed by atoms with Crippen molar-refractivity contribution in [1.82, 2.24) is 5.32 Å². The summed E-state index contributed by atoms with van der Waals surface area (Å²) in [6.07, 6.45) is 1.55. The van der Waals surface area contributed by atoms with E-state index in [1.165, 1.54) is 0 Å². The molecule has 1 aliphatic heterocycles. The van der Waals surface area contributed by atoms with Gasteiger partial charge in [-0.1, -0.05) is 12.1 Å². The molecule has 1 aromatic rings. The highest BCUT2D eigenvalue weighted by Crippen LogP contribution is 2.18. The number of carbonyl (C=O) groups excluding carboxylic acids is 1. The number of amides is 1. The van der Waals surface area contributed by atoms with Gasteiger partial charge in [0.05, 0.1) is 13.2 Å². The Morgan fingerprint density at radius 3 is 2.95 bits per heavy atom. The van der Waals surface area contributed by atoms with E-state index in [1.807, 2.05) is 6.07 Å². The van der Waals surface area contributed by atoms with Crippen LogP contribution in [-0.4, -0.2) is 43.3 Å². The third-order valence-electron chi connectivity index (χ3n) is 3.72. The van der Waals surface area contributed by atoms with Gasteiger partial charge in [0, 0.05) is 25.2 Å². The lowest BCUT2D eigenvalue weighted by Gasteiger charge is -2.28. The molecular weight excluding hydrogens is 286 g/mol. The zero-order valence-corrected chi connectivity index (χ0v) is 12.6. The second kappa shape index (κ2) is 7.91. The number of aliphatic carboxylic acids is 1. The SMILES string of the molecule is COCc1cccc(C(=O)N[C@@H](C(=O)O)[C@@H]2CCCOC2)c1. The molecule has 6 heteroatoms. The van der Waals surface area contributed by atoms with Crippen LogP contribution < -0.4 is 5.32 Å². The lowest BCUT2D eigenvalue weighted by molar-refractivity contribution is -0.142. The zero-order chi connectivity index (χ0) is 15.9. The van der Waals surface area contributed by atoms with Crippen molar-refractivity contribution in [1.29, 1.82) is 0 Å². The monoisotopic (exact) mass is 307 g/mol. The molecular formula is C16H21NO5. The van der Waals surface area contributed by atoms with Crippen molar-refractivity contribution in [2.45, 2.75) is 25.5 Å². The number of methoxy groups -OCH3 is 1. The van der Waals surface area contributed by atoms with Crippen LogP contribution in [0.1, 0.15) is 28.8 Å². The van der Waals surface area contributed by atoms with Crippen molar-refractivity contribution in [2.24, 2.45) is 5.92 Å². The summed E-state index contributed by atoms with van der Waals surface area (Å²) in [7, 11) is 1.58. The Morgan fingerprint density at radius 1 is 1.50 bits per heavy atom. The lowest BCUT2D eigenvalue weighted by Crippen LogP contribution is -2.48. The Kier molecular flexibility index (Phi) is 5.91. The van der Waals surface area contributed by atoms with Crippen LogP contribution in [0.25, 0.3) is 0 Å². The fourth-order valence-electron chi connectivity index (χ4n) is 2.60. The molecule has 0 spiro atoms. The molecule has 1 amide bonds. The third-order valence-corrected chi connectivity index (χ3v) is 3.72. The Balaban J connectivity index is 2.07. The summed E-state index contributed by atoms with van der Waals surface area (Å²) in [5, 5.41) is 12.0. The predicted octanol–water partition coefficient (Wildman–Crippen LogP) is 1.44. The maximum Gasteiger partial charge on any atom is 0.326 e. The fourth-order valence-corrected chi connectivity index (χ4v) is 2.60. The smallest absolute Gasteiger partial charge is 0.326 e. The van der Waals surface area contributed by atoms with E-state index in [0.29, 0.717) is 25.4 Å². The number of benzene rings is 1. The molecule has 1 fully saturated rings. The molecule has 0 unspecified atom stereocenters. The number of hydrogen-bond acceptors (Lipinski definition) is 4. The molecule has 2 atom stereocenters. The Labute approximate surface area is 129 Å². The molecule has 1 heterocycles. The Morgan fingerprint density at radius 2 is 2.32 bits per heavy atom. The van der Waals surface area contributed by atoms with Gasteiger partial charge in [0.25, 0.3) is 5.91 Å². The topological polar surface area (TPSA) is 84.9 Å². The minimum Gasteiger partial charge on any atom is -0.480 e. The molecule has 1 aliphatic rings. The van der Waals surface area contributed by atoms with E-state index in [9.17, 15) is 14.7 Å². The van der Waals surface area contributed by atoms with E-state index in [0.717, 1.165) is 18.4 Å². The van der Waals surface area contributed by atoms with Gasteiger partial charge in [-0.2, -0.15) is 0 Å². The van der Waals surface area contributed by atoms with E-state index in [2.05, 4.69) is 5.32 Å². The molecule has 0 bridgehead atoms. The largest absolute Gasteiger partial charge is 0.480 e. The molecule has 1 aromatic carbocycles. The Hall–Kier alpha value is -1.92. The molecule has 0 saturated carbocycles. The van der Waals surface area contributed by atoms with Gasteiger partial charge in [0.1, 0.15) is 6.04 Å². The second-order valence-corrected chi connectivity index (χ2v) is 5.40. The van der Waals surface area contributed by atoms with Crippen LogP contribution >= 0.6 is 0 Å². The number of nitrogens with one attached hydrogen (secondary N) is 1. The van der Waals surface area contributed by atoms with E-state index >= 15 is 0 Å². The van der Waals surface area contributed by atoms with Crippen LogP contribution in [0.15, 0.2) is 24.3 Å². The van der Waals surface area contributed by atoms with Crippen molar-refractivity contribution in [2.75, 3.05) is 20.3 Å². The minimum absolute atomic E-state index is 0.197. The van der Waals surface area contributed by atoms with Crippen LogP contribution in [0, 0.1) is 5.92 Å². The fraction of sp³-hybridized carbons (Fsp3) is 0.500. The first kappa shape index (κ1) is 16.5. The van der Waals surface area contributed by atoms with E-state index < -0.39 is 17.9 Å². The number of carbonyl (C=O) groups is 2. The summed E-state index contributed by atoms with van der Waals surface area (Å²) < 4.78 is 10.4. The highest BCUT2D eigenvalue weighted by atomic mass is 16.5. The molecule has 0 aromatic heterocycles. The average molecular weight is 307 g/mol. The van der Waals surface area contributed by atoms with Crippen molar-refractivity contribution >= 4 is 11.9 Å². The number of hydrogen-bond donors (Lipinski definition) is 2. The summed E-state index contributed by atoms with van der Waals surface area (Å²) in [5.74, 6) is -1.62. The average Bonchev–Trinajstić information content (AvgIpc) is 2.53. The molecule has 0 aliphatic carbocycles. The molecule has 2 N–H and O–H groups in total. The molecule has 1 saturated heterocycles. The number of carboxylic acid groups (broad SMARTS) is 1. The van der Waals surface area contributed by atoms with Gasteiger partial charge in [-0.3, -0.25) is 4.79 Å². The highest BCUT2D eigenvalue weighted by molar-refractivity contribution is 5.96. The maximum atomic E-state index is 12.3. The van der Waals surface area contributed by atoms with Gasteiger partial charge in [-0.25, -0.2) is 4.79 Å². The summed E-state index contributed by atoms with van der Waals surface area (Å²) in [6.45, 7) is 1.41. The standard InChI is InChI=1S/C16H21NO5/c1-21-9-11-4-2-5-12(8-11)15(18)17-14(16(19)20)13-6-3-7-22-10-13/h2,4-5,8,13-14H,3,6-7,9-10H2,1H3,(H,17,18)(H,19,20)/t13-,14-/m1/s1. The van der Waals surface area contributed by atoms with Gasteiger partial charge in [0.2, 0.25) is 0 Å². The lowest BCUT2D eigenvalue weighted by atomic mass is 9.93. The van der Waals surface area contributed by atoms with Crippen LogP contribution in [0.5, 0.6) is 0 Å². The van der Waals surface area contributed by atoms with Crippen molar-refractivity contribution < 1.29 is 24.2 Å². The number of rotatable bonds is 6. The van der Waals surface area contributed by atoms with Crippen LogP contribution in [0.3, 0.4) is 0 Å². The van der Waals surface area contributed by atoms with Gasteiger partial charge >= 0.3 is 5.97 Å². The minimum atomic E-state index is -1.03. The van der Waals surface area contributed by atoms with E-state index in [-0.39, 0.29) is 5.92 Å². The van der Waals surface area contributed by atoms with Gasteiger partial charge in [-0.05, 0) is 30.5 Å². The summed E-state index contributed by atoms with van der Waals surface area (Å²) in [5.41, 5.74) is 1.29. The maximum absolute atomic E-state index is 12.3. The van der Waals surface area contributed by atoms with Gasteiger partial charge < -0.3 is 19.9 Å². The van der Waals surface area contributed by atoms with Gasteiger partial charge in [0.15, 0.2) is 0 Å². The van der Waals surface area contributed by atoms with Gasteiger partial charge in [-0.15, -0.1) is 0 Å². The number of carboxylic acids is 1. The molecule has 120 valence electrons. The summed E-state index contributed by atoms with van der Waals surface area (Å²) >= 11 is 0. The molecule has 0 radical (unpaired) electrons. The predicted molar refractivity (Wildman–Crippen MR) is 79.6 cm³/mol. The van der Waals surface area contributed by atoms with Crippen LogP contribution in [-0.2, 0) is 20.9 Å². The molecule has 6 nitrogen and oxygen atoms in total. The first-order chi connectivity index (χ1) is 10.6. The molecule has 2 rings (SSSR count). The first-order valence-corrected chi connectivity index (χ1v) is 7.31. The first-order valence-electron chi connectivity index (χ1n) is 7.31. The van der Waals surface area contributed by atoms with Crippen LogP contribution in [0.2, 0.25) is 0 Å². The number of ether oxygens (including phenoxy) is 2. The summed E-state index contributed by atoms with van der Waals surface area (Å²) in [6, 6.07) is 6.03. The van der Waals surface area contributed by atoms with Crippen molar-refractivity contribution in [3.05, 3.63) is 35.4 Å². The second-order valence-electron chi connectivity index (χ2n) is 5.40. The Bertz CT molecular complexity index is 525. The molecule has 22 heavy (non-hydrogen) atoms. The normalized spacial score (nSPS) is 19.4. The van der Waals surface area contributed by atoms with Crippen LogP contribution in [0.4, 0.5) is 0 Å². The quantitative estimate of drug-likeness (QED) is 0.831. The zero-order valence-electron chi connectivity index (χ0n) is 12.6. The van der Waals surface area contributed by atoms with E-state index in [4.69, 9.17) is 9.47 Å². The van der Waals surface area contributed by atoms with E-state index in [1.54, 1.807) is 25.3 Å². The van der Waals surface area contributed by atoms with Crippen molar-refractivity contribution in [3.63, 3.8) is 0 Å². The third kappa shape index (κ3) is 4.29. The van der Waals surface area contributed by atoms with Crippen molar-refractivity contribution in [3.8, 4) is 0 Å². The highest BCUT2D eigenvalue weighted by Gasteiger charge is 2.31.